The van der Waals surface area contributed by atoms with Gasteiger partial charge in [0.1, 0.15) is 0 Å². The van der Waals surface area contributed by atoms with E-state index < -0.39 is 0 Å². The van der Waals surface area contributed by atoms with Crippen molar-refractivity contribution in [2.75, 3.05) is 6.61 Å². The SMILES string of the molecule is C#CC1=C(C2CC2)CC=CC=C1.C#CCCO[C@@H](CC)C(=C)c1ccccc1.[HH]. The molecule has 1 atom stereocenters. The minimum atomic E-state index is 0. The van der Waals surface area contributed by atoms with E-state index in [-0.39, 0.29) is 7.53 Å². The van der Waals surface area contributed by atoms with Crippen LogP contribution in [0.5, 0.6) is 0 Å². The predicted molar refractivity (Wildman–Crippen MR) is 123 cm³/mol. The highest BCUT2D eigenvalue weighted by Gasteiger charge is 2.26. The first-order valence-corrected chi connectivity index (χ1v) is 10.0. The molecule has 1 aromatic rings. The van der Waals surface area contributed by atoms with E-state index in [4.69, 9.17) is 17.6 Å². The van der Waals surface area contributed by atoms with E-state index in [2.05, 4.69) is 55.7 Å². The molecule has 0 heterocycles. The molecule has 2 aliphatic rings. The molecule has 146 valence electrons. The zero-order chi connectivity index (χ0) is 20.2. The molecule has 0 amide bonds. The molecule has 1 fully saturated rings. The van der Waals surface area contributed by atoms with Crippen LogP contribution in [0.1, 0.15) is 46.0 Å². The molecule has 0 N–H and O–H groups in total. The van der Waals surface area contributed by atoms with Crippen LogP contribution < -0.4 is 0 Å². The van der Waals surface area contributed by atoms with Crippen LogP contribution in [0.25, 0.3) is 5.57 Å². The molecular formula is C27H32O. The smallest absolute Gasteiger partial charge is 0.0822 e. The summed E-state index contributed by atoms with van der Waals surface area (Å²) < 4.78 is 5.71. The van der Waals surface area contributed by atoms with Gasteiger partial charge in [0.15, 0.2) is 0 Å². The van der Waals surface area contributed by atoms with E-state index in [9.17, 15) is 0 Å². The highest BCUT2D eigenvalue weighted by Crippen LogP contribution is 2.40. The van der Waals surface area contributed by atoms with Crippen LogP contribution in [0.2, 0.25) is 0 Å². The normalized spacial score (nSPS) is 16.2. The third-order valence-electron chi connectivity index (χ3n) is 4.89. The van der Waals surface area contributed by atoms with Crippen LogP contribution in [-0.4, -0.2) is 12.7 Å². The molecule has 0 radical (unpaired) electrons. The predicted octanol–water partition coefficient (Wildman–Crippen LogP) is 6.61. The molecule has 1 saturated carbocycles. The van der Waals surface area contributed by atoms with E-state index in [1.54, 1.807) is 0 Å². The van der Waals surface area contributed by atoms with Gasteiger partial charge in [-0.15, -0.1) is 18.8 Å². The lowest BCUT2D eigenvalue weighted by atomic mass is 10.0. The number of hydrogen-bond donors (Lipinski definition) is 0. The molecule has 1 heteroatoms. The maximum absolute atomic E-state index is 5.71. The van der Waals surface area contributed by atoms with Gasteiger partial charge in [-0.3, -0.25) is 0 Å². The number of rotatable bonds is 7. The fourth-order valence-electron chi connectivity index (χ4n) is 3.16. The number of benzene rings is 1. The third kappa shape index (κ3) is 6.77. The quantitative estimate of drug-likeness (QED) is 0.387. The maximum Gasteiger partial charge on any atom is 0.0822 e. The third-order valence-corrected chi connectivity index (χ3v) is 4.89. The van der Waals surface area contributed by atoms with Crippen molar-refractivity contribution in [2.24, 2.45) is 5.92 Å². The summed E-state index contributed by atoms with van der Waals surface area (Å²) in [6, 6.07) is 10.1. The summed E-state index contributed by atoms with van der Waals surface area (Å²) in [6.45, 7) is 6.79. The van der Waals surface area contributed by atoms with Gasteiger partial charge in [-0.1, -0.05) is 68.0 Å². The summed E-state index contributed by atoms with van der Waals surface area (Å²) in [5, 5.41) is 0. The monoisotopic (exact) mass is 372 g/mol. The second kappa shape index (κ2) is 11.9. The maximum atomic E-state index is 5.71. The van der Waals surface area contributed by atoms with Gasteiger partial charge in [-0.25, -0.2) is 0 Å². The molecule has 1 nitrogen and oxygen atoms in total. The Hall–Kier alpha value is -2.74. The van der Waals surface area contributed by atoms with Crippen molar-refractivity contribution < 1.29 is 6.16 Å². The van der Waals surface area contributed by atoms with E-state index in [1.165, 1.54) is 18.4 Å². The van der Waals surface area contributed by atoms with Gasteiger partial charge in [0.25, 0.3) is 0 Å². The Bertz CT molecular complexity index is 810. The van der Waals surface area contributed by atoms with Crippen molar-refractivity contribution in [3.8, 4) is 24.7 Å². The van der Waals surface area contributed by atoms with Crippen LogP contribution >= 0.6 is 0 Å². The van der Waals surface area contributed by atoms with Gasteiger partial charge in [0.2, 0.25) is 0 Å². The van der Waals surface area contributed by atoms with Crippen LogP contribution in [0.3, 0.4) is 0 Å². The first-order chi connectivity index (χ1) is 13.7. The van der Waals surface area contributed by atoms with Crippen molar-refractivity contribution in [1.82, 2.24) is 0 Å². The zero-order valence-electron chi connectivity index (χ0n) is 16.9. The van der Waals surface area contributed by atoms with E-state index in [1.807, 2.05) is 24.3 Å². The Balaban J connectivity index is 0.000000289. The zero-order valence-corrected chi connectivity index (χ0v) is 16.9. The number of ether oxygens (including phenoxy) is 1. The highest BCUT2D eigenvalue weighted by atomic mass is 16.5. The van der Waals surface area contributed by atoms with Crippen molar-refractivity contribution in [3.63, 3.8) is 0 Å². The highest BCUT2D eigenvalue weighted by molar-refractivity contribution is 5.66. The lowest BCUT2D eigenvalue weighted by Gasteiger charge is -2.18. The topological polar surface area (TPSA) is 9.23 Å². The first kappa shape index (κ1) is 21.6. The van der Waals surface area contributed by atoms with Gasteiger partial charge in [0, 0.05) is 13.4 Å². The largest absolute Gasteiger partial charge is 0.373 e. The van der Waals surface area contributed by atoms with E-state index in [0.717, 1.165) is 35.5 Å². The molecule has 2 aliphatic carbocycles. The summed E-state index contributed by atoms with van der Waals surface area (Å²) in [5.41, 5.74) is 4.75. The molecule has 0 spiro atoms. The average Bonchev–Trinajstić information content (AvgIpc) is 3.58. The fourth-order valence-corrected chi connectivity index (χ4v) is 3.16. The van der Waals surface area contributed by atoms with Crippen molar-refractivity contribution >= 4 is 5.57 Å². The summed E-state index contributed by atoms with van der Waals surface area (Å²) in [5.74, 6) is 6.13. The summed E-state index contributed by atoms with van der Waals surface area (Å²) in [4.78, 5) is 0. The van der Waals surface area contributed by atoms with Crippen molar-refractivity contribution in [1.29, 1.82) is 0 Å². The molecule has 0 saturated heterocycles. The van der Waals surface area contributed by atoms with Crippen LogP contribution in [-0.2, 0) is 4.74 Å². The van der Waals surface area contributed by atoms with Crippen molar-refractivity contribution in [3.05, 3.63) is 77.9 Å². The van der Waals surface area contributed by atoms with E-state index >= 15 is 0 Å². The molecule has 3 rings (SSSR count). The molecule has 0 unspecified atom stereocenters. The van der Waals surface area contributed by atoms with Gasteiger partial charge in [-0.2, -0.15) is 0 Å². The average molecular weight is 373 g/mol. The van der Waals surface area contributed by atoms with Gasteiger partial charge in [0.05, 0.1) is 12.7 Å². The van der Waals surface area contributed by atoms with Crippen LogP contribution in [0.4, 0.5) is 0 Å². The Kier molecular flexibility index (Phi) is 9.14. The Morgan fingerprint density at radius 2 is 2.00 bits per heavy atom. The molecule has 0 aromatic heterocycles. The number of hydrogen-bond acceptors (Lipinski definition) is 1. The van der Waals surface area contributed by atoms with Gasteiger partial charge in [-0.05, 0) is 54.4 Å². The van der Waals surface area contributed by atoms with Crippen LogP contribution in [0.15, 0.2) is 72.4 Å². The van der Waals surface area contributed by atoms with Crippen molar-refractivity contribution in [2.45, 2.75) is 45.1 Å². The minimum absolute atomic E-state index is 0. The second-order valence-corrected chi connectivity index (χ2v) is 6.96. The Morgan fingerprint density at radius 1 is 1.25 bits per heavy atom. The molecule has 28 heavy (non-hydrogen) atoms. The van der Waals surface area contributed by atoms with Crippen LogP contribution in [0, 0.1) is 30.6 Å². The lowest BCUT2D eigenvalue weighted by Crippen LogP contribution is -2.14. The molecular weight excluding hydrogens is 340 g/mol. The van der Waals surface area contributed by atoms with E-state index in [0.29, 0.717) is 13.0 Å². The number of allylic oxidation sites excluding steroid dienone is 6. The molecule has 0 bridgehead atoms. The minimum Gasteiger partial charge on any atom is -0.373 e. The first-order valence-electron chi connectivity index (χ1n) is 10.0. The Labute approximate surface area is 172 Å². The fraction of sp³-hybridized carbons (Fsp3) is 0.333. The molecule has 1 aromatic carbocycles. The lowest BCUT2D eigenvalue weighted by molar-refractivity contribution is 0.0942. The number of terminal acetylenes is 2. The molecule has 0 aliphatic heterocycles. The van der Waals surface area contributed by atoms with Gasteiger partial charge < -0.3 is 4.74 Å². The summed E-state index contributed by atoms with van der Waals surface area (Å²) in [6.07, 6.45) is 24.3. The Morgan fingerprint density at radius 3 is 2.61 bits per heavy atom. The van der Waals surface area contributed by atoms with Gasteiger partial charge >= 0.3 is 0 Å². The standard InChI is InChI=1S/C15H18O.C12H12.H2/c1-4-6-12-16-15(5-2)13(3)14-10-8-7-9-11-14;1-2-10-6-4-3-5-7-12(10)11-8-9-11;/h1,7-11,15H,3,5-6,12H2,2H3;1,3-6,11H,7-9H2;1H/t15-;;/m0../s1. The second-order valence-electron chi connectivity index (χ2n) is 6.96. The summed E-state index contributed by atoms with van der Waals surface area (Å²) >= 11 is 0. The summed E-state index contributed by atoms with van der Waals surface area (Å²) in [7, 11) is 0.